The van der Waals surface area contributed by atoms with E-state index in [2.05, 4.69) is 5.32 Å². The van der Waals surface area contributed by atoms with E-state index in [4.69, 9.17) is 19.4 Å². The van der Waals surface area contributed by atoms with E-state index in [1.54, 1.807) is 12.1 Å². The van der Waals surface area contributed by atoms with Crippen LogP contribution in [-0.4, -0.2) is 29.3 Å². The Balaban J connectivity index is 2.42. The van der Waals surface area contributed by atoms with E-state index in [-0.39, 0.29) is 11.3 Å². The standard InChI is InChI=1S/C14H11NO7/c1-21-8-3-2-7-4-10(14(20)22-11(7)5-8)15-6-9(12(16)17)13(18)19/h2-6,15H,1H3,(H,16,17)(H,18,19). The number of rotatable bonds is 5. The molecule has 0 saturated carbocycles. The maximum atomic E-state index is 11.8. The number of carboxylic acids is 2. The fraction of sp³-hybridized carbons (Fsp3) is 0.0714. The van der Waals surface area contributed by atoms with Gasteiger partial charge in [-0.2, -0.15) is 0 Å². The van der Waals surface area contributed by atoms with Crippen LogP contribution in [0, 0.1) is 0 Å². The highest BCUT2D eigenvalue weighted by molar-refractivity contribution is 6.12. The average molecular weight is 305 g/mol. The number of hydrogen-bond donors (Lipinski definition) is 3. The minimum atomic E-state index is -1.63. The number of carboxylic acid groups (broad SMARTS) is 2. The van der Waals surface area contributed by atoms with E-state index >= 15 is 0 Å². The molecule has 0 radical (unpaired) electrons. The minimum Gasteiger partial charge on any atom is -0.497 e. The number of aliphatic carboxylic acids is 2. The Kier molecular flexibility index (Phi) is 4.12. The van der Waals surface area contributed by atoms with Crippen molar-refractivity contribution in [3.63, 3.8) is 0 Å². The van der Waals surface area contributed by atoms with Crippen LogP contribution in [0.3, 0.4) is 0 Å². The first kappa shape index (κ1) is 15.1. The third-order valence-electron chi connectivity index (χ3n) is 2.78. The van der Waals surface area contributed by atoms with Crippen molar-refractivity contribution in [3.8, 4) is 5.75 Å². The minimum absolute atomic E-state index is 0.0855. The molecule has 2 aromatic rings. The number of nitrogens with one attached hydrogen (secondary N) is 1. The number of methoxy groups -OCH3 is 1. The summed E-state index contributed by atoms with van der Waals surface area (Å²) in [6.45, 7) is 0. The quantitative estimate of drug-likeness (QED) is 0.326. The Morgan fingerprint density at radius 1 is 1.23 bits per heavy atom. The molecule has 0 amide bonds. The number of ether oxygens (including phenoxy) is 1. The van der Waals surface area contributed by atoms with Crippen LogP contribution in [0.1, 0.15) is 0 Å². The molecule has 0 aliphatic carbocycles. The monoisotopic (exact) mass is 305 g/mol. The molecule has 0 unspecified atom stereocenters. The van der Waals surface area contributed by atoms with Gasteiger partial charge in [0.1, 0.15) is 17.0 Å². The number of fused-ring (bicyclic) bond motifs is 1. The normalized spacial score (nSPS) is 10.0. The van der Waals surface area contributed by atoms with Crippen molar-refractivity contribution in [1.82, 2.24) is 0 Å². The summed E-state index contributed by atoms with van der Waals surface area (Å²) in [5, 5.41) is 20.3. The molecule has 0 atom stereocenters. The van der Waals surface area contributed by atoms with E-state index in [0.717, 1.165) is 0 Å². The van der Waals surface area contributed by atoms with Crippen LogP contribution in [0.2, 0.25) is 0 Å². The summed E-state index contributed by atoms with van der Waals surface area (Å²) in [6, 6.07) is 6.23. The van der Waals surface area contributed by atoms with Gasteiger partial charge in [-0.15, -0.1) is 0 Å². The first-order chi connectivity index (χ1) is 10.4. The van der Waals surface area contributed by atoms with Gasteiger partial charge >= 0.3 is 17.6 Å². The molecule has 1 aromatic heterocycles. The van der Waals surface area contributed by atoms with Crippen LogP contribution in [0.4, 0.5) is 5.69 Å². The number of hydrogen-bond acceptors (Lipinski definition) is 6. The van der Waals surface area contributed by atoms with Crippen LogP contribution >= 0.6 is 0 Å². The molecule has 1 aromatic carbocycles. The van der Waals surface area contributed by atoms with Crippen LogP contribution in [0.25, 0.3) is 11.0 Å². The number of carbonyl (C=O) groups is 2. The van der Waals surface area contributed by atoms with Gasteiger partial charge in [-0.05, 0) is 18.2 Å². The third-order valence-corrected chi connectivity index (χ3v) is 2.78. The first-order valence-corrected chi connectivity index (χ1v) is 5.97. The second-order valence-electron chi connectivity index (χ2n) is 4.16. The molecule has 2 rings (SSSR count). The van der Waals surface area contributed by atoms with Crippen LogP contribution in [0.5, 0.6) is 5.75 Å². The van der Waals surface area contributed by atoms with Crippen molar-refractivity contribution in [2.75, 3.05) is 12.4 Å². The second kappa shape index (κ2) is 6.00. The van der Waals surface area contributed by atoms with E-state index in [0.29, 0.717) is 17.3 Å². The molecule has 3 N–H and O–H groups in total. The first-order valence-electron chi connectivity index (χ1n) is 5.97. The molecule has 22 heavy (non-hydrogen) atoms. The van der Waals surface area contributed by atoms with E-state index < -0.39 is 23.1 Å². The predicted molar refractivity (Wildman–Crippen MR) is 76.0 cm³/mol. The zero-order chi connectivity index (χ0) is 16.3. The molecular formula is C14H11NO7. The summed E-state index contributed by atoms with van der Waals surface area (Å²) in [5.74, 6) is -2.75. The van der Waals surface area contributed by atoms with Crippen LogP contribution in [-0.2, 0) is 9.59 Å². The molecule has 0 aliphatic rings. The lowest BCUT2D eigenvalue weighted by molar-refractivity contribution is -0.140. The third kappa shape index (κ3) is 3.06. The second-order valence-corrected chi connectivity index (χ2v) is 4.16. The molecular weight excluding hydrogens is 294 g/mol. The van der Waals surface area contributed by atoms with E-state index in [9.17, 15) is 14.4 Å². The zero-order valence-corrected chi connectivity index (χ0v) is 11.3. The van der Waals surface area contributed by atoms with Crippen molar-refractivity contribution >= 4 is 28.6 Å². The van der Waals surface area contributed by atoms with Crippen molar-refractivity contribution in [2.45, 2.75) is 0 Å². The van der Waals surface area contributed by atoms with Gasteiger partial charge in [0.05, 0.1) is 7.11 Å². The summed E-state index contributed by atoms with van der Waals surface area (Å²) in [6.07, 6.45) is 0.715. The van der Waals surface area contributed by atoms with Crippen molar-refractivity contribution in [3.05, 3.63) is 46.5 Å². The summed E-state index contributed by atoms with van der Waals surface area (Å²) < 4.78 is 10.1. The summed E-state index contributed by atoms with van der Waals surface area (Å²) in [7, 11) is 1.47. The highest BCUT2D eigenvalue weighted by Crippen LogP contribution is 2.21. The fourth-order valence-electron chi connectivity index (χ4n) is 1.68. The molecule has 0 aliphatic heterocycles. The highest BCUT2D eigenvalue weighted by atomic mass is 16.5. The lowest BCUT2D eigenvalue weighted by Gasteiger charge is -2.04. The number of benzene rings is 1. The van der Waals surface area contributed by atoms with E-state index in [1.165, 1.54) is 19.2 Å². The highest BCUT2D eigenvalue weighted by Gasteiger charge is 2.16. The number of anilines is 1. The van der Waals surface area contributed by atoms with Crippen molar-refractivity contribution in [1.29, 1.82) is 0 Å². The molecule has 0 bridgehead atoms. The van der Waals surface area contributed by atoms with E-state index in [1.807, 2.05) is 0 Å². The Morgan fingerprint density at radius 2 is 1.91 bits per heavy atom. The molecule has 0 saturated heterocycles. The van der Waals surface area contributed by atoms with Gasteiger partial charge in [0.2, 0.25) is 0 Å². The summed E-state index contributed by atoms with van der Waals surface area (Å²) >= 11 is 0. The predicted octanol–water partition coefficient (Wildman–Crippen LogP) is 1.27. The Labute approximate surface area is 123 Å². The SMILES string of the molecule is COc1ccc2cc(NC=C(C(=O)O)C(=O)O)c(=O)oc2c1. The molecule has 0 fully saturated rings. The van der Waals surface area contributed by atoms with Gasteiger partial charge in [0.25, 0.3) is 0 Å². The maximum Gasteiger partial charge on any atom is 0.360 e. The van der Waals surface area contributed by atoms with Crippen molar-refractivity contribution in [2.24, 2.45) is 0 Å². The topological polar surface area (TPSA) is 126 Å². The molecule has 1 heterocycles. The maximum absolute atomic E-state index is 11.8. The Morgan fingerprint density at radius 3 is 2.50 bits per heavy atom. The molecule has 114 valence electrons. The Hall–Kier alpha value is -3.29. The molecule has 8 nitrogen and oxygen atoms in total. The fourth-order valence-corrected chi connectivity index (χ4v) is 1.68. The van der Waals surface area contributed by atoms with Crippen LogP contribution in [0.15, 0.2) is 45.3 Å². The Bertz CT molecular complexity index is 819. The molecule has 0 spiro atoms. The smallest absolute Gasteiger partial charge is 0.360 e. The lowest BCUT2D eigenvalue weighted by atomic mass is 10.2. The zero-order valence-electron chi connectivity index (χ0n) is 11.3. The molecule has 8 heteroatoms. The van der Waals surface area contributed by atoms with Gasteiger partial charge in [-0.25, -0.2) is 14.4 Å². The lowest BCUT2D eigenvalue weighted by Crippen LogP contribution is -2.14. The van der Waals surface area contributed by atoms with Gasteiger partial charge in [-0.3, -0.25) is 0 Å². The largest absolute Gasteiger partial charge is 0.497 e. The van der Waals surface area contributed by atoms with Gasteiger partial charge < -0.3 is 24.7 Å². The van der Waals surface area contributed by atoms with Gasteiger partial charge in [0, 0.05) is 17.7 Å². The summed E-state index contributed by atoms with van der Waals surface area (Å²) in [5.41, 5.74) is -1.48. The average Bonchev–Trinajstić information content (AvgIpc) is 2.46. The van der Waals surface area contributed by atoms with Gasteiger partial charge in [0.15, 0.2) is 5.57 Å². The van der Waals surface area contributed by atoms with Crippen molar-refractivity contribution < 1.29 is 29.0 Å². The van der Waals surface area contributed by atoms with Crippen LogP contribution < -0.4 is 15.7 Å². The summed E-state index contributed by atoms with van der Waals surface area (Å²) in [4.78, 5) is 33.2. The van der Waals surface area contributed by atoms with Gasteiger partial charge in [-0.1, -0.05) is 0 Å².